The maximum Gasteiger partial charge on any atom is 0.267 e. The van der Waals surface area contributed by atoms with E-state index in [0.717, 1.165) is 0 Å². The Labute approximate surface area is 170 Å². The normalized spacial score (nSPS) is 18.4. The van der Waals surface area contributed by atoms with Gasteiger partial charge in [-0.15, -0.1) is 0 Å². The van der Waals surface area contributed by atoms with Gasteiger partial charge in [0, 0.05) is 17.0 Å². The first-order valence-electron chi connectivity index (χ1n) is 9.53. The molecule has 0 aliphatic carbocycles. The molecule has 30 heavy (non-hydrogen) atoms. The van der Waals surface area contributed by atoms with Gasteiger partial charge < -0.3 is 25.2 Å². The van der Waals surface area contributed by atoms with Gasteiger partial charge in [0.15, 0.2) is 0 Å². The smallest absolute Gasteiger partial charge is 0.267 e. The number of aromatic nitrogens is 1. The molecule has 1 saturated heterocycles. The first-order chi connectivity index (χ1) is 14.3. The van der Waals surface area contributed by atoms with Crippen molar-refractivity contribution >= 4 is 16.9 Å². The molecule has 1 fully saturated rings. The summed E-state index contributed by atoms with van der Waals surface area (Å²) in [6.07, 6.45) is 0.146. The average molecular weight is 417 g/mol. The van der Waals surface area contributed by atoms with Crippen molar-refractivity contribution < 1.29 is 22.7 Å². The zero-order valence-electron chi connectivity index (χ0n) is 16.3. The molecule has 158 valence electrons. The van der Waals surface area contributed by atoms with Crippen LogP contribution in [0.25, 0.3) is 11.0 Å². The molecule has 0 saturated carbocycles. The lowest BCUT2D eigenvalue weighted by molar-refractivity contribution is -0.0423. The fourth-order valence-electron chi connectivity index (χ4n) is 4.01. The Balaban J connectivity index is 1.87. The van der Waals surface area contributed by atoms with Crippen LogP contribution in [0.5, 0.6) is 5.75 Å². The summed E-state index contributed by atoms with van der Waals surface area (Å²) in [4.78, 5) is 26.3. The van der Waals surface area contributed by atoms with E-state index >= 15 is 0 Å². The summed E-state index contributed by atoms with van der Waals surface area (Å²) in [6, 6.07) is 7.72. The highest BCUT2D eigenvalue weighted by Gasteiger charge is 2.45. The summed E-state index contributed by atoms with van der Waals surface area (Å²) < 4.78 is 41.3. The number of piperidine rings is 1. The molecule has 4 rings (SSSR count). The van der Waals surface area contributed by atoms with Crippen molar-refractivity contribution in [3.8, 4) is 5.75 Å². The Morgan fingerprint density at radius 2 is 2.13 bits per heavy atom. The summed E-state index contributed by atoms with van der Waals surface area (Å²) >= 11 is 0. The molecule has 1 aromatic carbocycles. The third kappa shape index (κ3) is 3.56. The number of hydrogen-bond donors (Lipinski definition) is 3. The zero-order chi connectivity index (χ0) is 21.5. The Hall–Kier alpha value is -3.20. The summed E-state index contributed by atoms with van der Waals surface area (Å²) in [6.45, 7) is 1.45. The van der Waals surface area contributed by atoms with E-state index in [-0.39, 0.29) is 46.6 Å². The molecule has 3 aromatic rings. The Bertz CT molecular complexity index is 1170. The van der Waals surface area contributed by atoms with E-state index in [1.807, 2.05) is 0 Å². The third-order valence-electron chi connectivity index (χ3n) is 5.32. The second-order valence-corrected chi connectivity index (χ2v) is 7.36. The number of carbonyl (C=O) groups excluding carboxylic acids is 1. The van der Waals surface area contributed by atoms with E-state index in [9.17, 15) is 18.4 Å². The number of pyridine rings is 1. The van der Waals surface area contributed by atoms with Crippen LogP contribution >= 0.6 is 0 Å². The number of carbonyl (C=O) groups is 1. The highest BCUT2D eigenvalue weighted by Crippen LogP contribution is 2.47. The molecule has 1 aliphatic heterocycles. The fraction of sp³-hybridized carbons (Fsp3) is 0.333. The van der Waals surface area contributed by atoms with Gasteiger partial charge in [-0.05, 0) is 38.1 Å². The maximum absolute atomic E-state index is 14.9. The third-order valence-corrected chi connectivity index (χ3v) is 5.32. The largest absolute Gasteiger partial charge is 0.487 e. The van der Waals surface area contributed by atoms with Crippen molar-refractivity contribution in [1.82, 2.24) is 10.3 Å². The SMILES string of the molecule is Cc1oc2ccc(OCc3cccc(=O)[nH]3)c(C3CCNCC3(F)F)c2c1C(N)=O. The van der Waals surface area contributed by atoms with Crippen LogP contribution in [0, 0.1) is 6.92 Å². The first kappa shape index (κ1) is 20.1. The number of nitrogens with one attached hydrogen (secondary N) is 2. The predicted molar refractivity (Wildman–Crippen MR) is 106 cm³/mol. The number of fused-ring (bicyclic) bond motifs is 1. The van der Waals surface area contributed by atoms with Crippen LogP contribution in [0.1, 0.15) is 39.7 Å². The van der Waals surface area contributed by atoms with Crippen LogP contribution in [0.2, 0.25) is 0 Å². The van der Waals surface area contributed by atoms with Crippen molar-refractivity contribution in [2.45, 2.75) is 31.8 Å². The number of aryl methyl sites for hydroxylation is 1. The number of rotatable bonds is 5. The van der Waals surface area contributed by atoms with Gasteiger partial charge in [0.25, 0.3) is 11.8 Å². The minimum absolute atomic E-state index is 0.0339. The molecule has 1 unspecified atom stereocenters. The minimum atomic E-state index is -3.06. The molecule has 2 aromatic heterocycles. The summed E-state index contributed by atoms with van der Waals surface area (Å²) in [5.74, 6) is -4.55. The van der Waals surface area contributed by atoms with Crippen LogP contribution in [0.4, 0.5) is 8.78 Å². The van der Waals surface area contributed by atoms with Crippen molar-refractivity contribution in [3.63, 3.8) is 0 Å². The van der Waals surface area contributed by atoms with Crippen LogP contribution in [-0.2, 0) is 6.61 Å². The first-order valence-corrected chi connectivity index (χ1v) is 9.53. The van der Waals surface area contributed by atoms with Crippen molar-refractivity contribution in [2.24, 2.45) is 5.73 Å². The van der Waals surface area contributed by atoms with E-state index in [1.54, 1.807) is 31.2 Å². The molecular weight excluding hydrogens is 396 g/mol. The molecule has 1 atom stereocenters. The average Bonchev–Trinajstić information content (AvgIpc) is 3.02. The zero-order valence-corrected chi connectivity index (χ0v) is 16.3. The molecule has 4 N–H and O–H groups in total. The van der Waals surface area contributed by atoms with Gasteiger partial charge >= 0.3 is 0 Å². The van der Waals surface area contributed by atoms with Gasteiger partial charge in [-0.1, -0.05) is 6.07 Å². The lowest BCUT2D eigenvalue weighted by Gasteiger charge is -2.33. The Morgan fingerprint density at radius 3 is 2.83 bits per heavy atom. The molecule has 7 nitrogen and oxygen atoms in total. The second-order valence-electron chi connectivity index (χ2n) is 7.36. The van der Waals surface area contributed by atoms with Crippen LogP contribution < -0.4 is 21.3 Å². The van der Waals surface area contributed by atoms with Crippen molar-refractivity contribution in [3.05, 3.63) is 63.3 Å². The molecule has 0 bridgehead atoms. The van der Waals surface area contributed by atoms with Crippen LogP contribution in [0.3, 0.4) is 0 Å². The Morgan fingerprint density at radius 1 is 1.33 bits per heavy atom. The maximum atomic E-state index is 14.9. The quantitative estimate of drug-likeness (QED) is 0.591. The number of H-pyrrole nitrogens is 1. The fourth-order valence-corrected chi connectivity index (χ4v) is 4.01. The monoisotopic (exact) mass is 417 g/mol. The van der Waals surface area contributed by atoms with Crippen LogP contribution in [0.15, 0.2) is 39.5 Å². The summed E-state index contributed by atoms with van der Waals surface area (Å²) in [5.41, 5.74) is 6.31. The van der Waals surface area contributed by atoms with Gasteiger partial charge in [-0.3, -0.25) is 9.59 Å². The lowest BCUT2D eigenvalue weighted by atomic mass is 9.83. The topological polar surface area (TPSA) is 110 Å². The van der Waals surface area contributed by atoms with E-state index in [4.69, 9.17) is 14.9 Å². The van der Waals surface area contributed by atoms with Gasteiger partial charge in [0.05, 0.1) is 23.7 Å². The summed E-state index contributed by atoms with van der Waals surface area (Å²) in [7, 11) is 0. The number of primary amides is 1. The van der Waals surface area contributed by atoms with E-state index in [2.05, 4.69) is 10.3 Å². The van der Waals surface area contributed by atoms with Gasteiger partial charge in [-0.25, -0.2) is 8.78 Å². The van der Waals surface area contributed by atoms with E-state index in [0.29, 0.717) is 17.8 Å². The van der Waals surface area contributed by atoms with Crippen molar-refractivity contribution in [1.29, 1.82) is 0 Å². The van der Waals surface area contributed by atoms with Gasteiger partial charge in [0.2, 0.25) is 5.56 Å². The molecule has 9 heteroatoms. The van der Waals surface area contributed by atoms with Gasteiger partial charge in [-0.2, -0.15) is 0 Å². The molecule has 0 spiro atoms. The van der Waals surface area contributed by atoms with E-state index in [1.165, 1.54) is 6.07 Å². The number of aromatic amines is 1. The molecule has 0 radical (unpaired) electrons. The molecule has 1 amide bonds. The van der Waals surface area contributed by atoms with Crippen LogP contribution in [-0.4, -0.2) is 29.9 Å². The van der Waals surface area contributed by atoms with Crippen molar-refractivity contribution in [2.75, 3.05) is 13.1 Å². The second kappa shape index (κ2) is 7.56. The Kier molecular flexibility index (Phi) is 5.07. The number of furan rings is 1. The highest BCUT2D eigenvalue weighted by atomic mass is 19.3. The predicted octanol–water partition coefficient (Wildman–Crippen LogP) is 2.82. The van der Waals surface area contributed by atoms with E-state index < -0.39 is 24.3 Å². The number of hydrogen-bond acceptors (Lipinski definition) is 5. The highest BCUT2D eigenvalue weighted by molar-refractivity contribution is 6.08. The number of benzene rings is 1. The van der Waals surface area contributed by atoms with Gasteiger partial charge in [0.1, 0.15) is 23.7 Å². The summed E-state index contributed by atoms with van der Waals surface area (Å²) in [5, 5.41) is 2.96. The number of alkyl halides is 2. The molecular formula is C21H21F2N3O4. The minimum Gasteiger partial charge on any atom is -0.487 e. The molecule has 3 heterocycles. The number of halogens is 2. The standard InChI is InChI=1S/C21H21F2N3O4/c1-11-17(20(24)28)19-15(30-11)6-5-14(29-9-12-3-2-4-16(27)26-12)18(19)13-7-8-25-10-21(13,22)23/h2-6,13,25H,7-10H2,1H3,(H2,24,28)(H,26,27). The molecule has 1 aliphatic rings. The number of amides is 1. The lowest BCUT2D eigenvalue weighted by Crippen LogP contribution is -2.44. The number of ether oxygens (including phenoxy) is 1. The number of nitrogens with two attached hydrogens (primary N) is 1.